The first-order valence-corrected chi connectivity index (χ1v) is 10.6. The second-order valence-corrected chi connectivity index (χ2v) is 8.41. The third-order valence-electron chi connectivity index (χ3n) is 5.01. The zero-order valence-electron chi connectivity index (χ0n) is 16.6. The summed E-state index contributed by atoms with van der Waals surface area (Å²) in [5.74, 6) is -1.11. The van der Waals surface area contributed by atoms with Gasteiger partial charge in [0.2, 0.25) is 5.91 Å². The van der Waals surface area contributed by atoms with Crippen molar-refractivity contribution in [3.8, 4) is 5.69 Å². The van der Waals surface area contributed by atoms with E-state index in [1.54, 1.807) is 23.6 Å². The van der Waals surface area contributed by atoms with Crippen LogP contribution in [0.2, 0.25) is 5.02 Å². The van der Waals surface area contributed by atoms with Crippen LogP contribution in [0.25, 0.3) is 15.9 Å². The second-order valence-electron chi connectivity index (χ2n) is 7.09. The number of benzene rings is 2. The lowest BCUT2D eigenvalue weighted by Gasteiger charge is -2.13. The topological polar surface area (TPSA) is 73.1 Å². The number of hydrogen-bond donors (Lipinski definition) is 1. The third-order valence-corrected chi connectivity index (χ3v) is 6.19. The van der Waals surface area contributed by atoms with E-state index < -0.39 is 23.0 Å². The number of fused-ring (bicyclic) bond motifs is 1. The monoisotopic (exact) mass is 457 g/mol. The molecule has 1 N–H and O–H groups in total. The van der Waals surface area contributed by atoms with E-state index in [9.17, 15) is 18.8 Å². The van der Waals surface area contributed by atoms with Crippen molar-refractivity contribution in [2.45, 2.75) is 20.4 Å². The van der Waals surface area contributed by atoms with Gasteiger partial charge in [-0.1, -0.05) is 17.7 Å². The largest absolute Gasteiger partial charge is 0.336 e. The molecule has 31 heavy (non-hydrogen) atoms. The Labute approximate surface area is 185 Å². The molecule has 0 aliphatic heterocycles. The molecule has 2 aromatic heterocycles. The molecule has 2 aromatic carbocycles. The summed E-state index contributed by atoms with van der Waals surface area (Å²) < 4.78 is 16.1. The molecule has 0 spiro atoms. The molecule has 0 fully saturated rings. The number of thiophene rings is 1. The Morgan fingerprint density at radius 1 is 1.10 bits per heavy atom. The first-order chi connectivity index (χ1) is 14.8. The minimum Gasteiger partial charge on any atom is -0.324 e. The number of anilines is 1. The van der Waals surface area contributed by atoms with Crippen molar-refractivity contribution in [3.05, 3.63) is 90.6 Å². The fraction of sp³-hybridized carbons (Fsp3) is 0.136. The summed E-state index contributed by atoms with van der Waals surface area (Å²) in [6.07, 6.45) is 0. The summed E-state index contributed by atoms with van der Waals surface area (Å²) in [6, 6.07) is 10.7. The van der Waals surface area contributed by atoms with Gasteiger partial charge in [0.15, 0.2) is 0 Å². The highest BCUT2D eigenvalue weighted by molar-refractivity contribution is 7.17. The molecule has 1 amide bonds. The van der Waals surface area contributed by atoms with Crippen LogP contribution >= 0.6 is 22.9 Å². The lowest BCUT2D eigenvalue weighted by molar-refractivity contribution is -0.116. The average molecular weight is 458 g/mol. The van der Waals surface area contributed by atoms with Crippen molar-refractivity contribution in [3.63, 3.8) is 0 Å². The van der Waals surface area contributed by atoms with Gasteiger partial charge in [0, 0.05) is 5.69 Å². The first kappa shape index (κ1) is 21.0. The molecule has 0 bridgehead atoms. The molecule has 0 saturated heterocycles. The fourth-order valence-electron chi connectivity index (χ4n) is 3.25. The van der Waals surface area contributed by atoms with Crippen LogP contribution in [-0.2, 0) is 11.3 Å². The third kappa shape index (κ3) is 3.92. The van der Waals surface area contributed by atoms with E-state index in [0.29, 0.717) is 21.6 Å². The summed E-state index contributed by atoms with van der Waals surface area (Å²) in [7, 11) is 0. The summed E-state index contributed by atoms with van der Waals surface area (Å²) in [5, 5.41) is 4.17. The Kier molecular flexibility index (Phi) is 5.51. The van der Waals surface area contributed by atoms with Gasteiger partial charge in [0.05, 0.1) is 16.2 Å². The Balaban J connectivity index is 1.78. The Morgan fingerprint density at radius 2 is 1.87 bits per heavy atom. The summed E-state index contributed by atoms with van der Waals surface area (Å²) in [4.78, 5) is 38.9. The van der Waals surface area contributed by atoms with Gasteiger partial charge in [-0.3, -0.25) is 14.2 Å². The Morgan fingerprint density at radius 3 is 2.58 bits per heavy atom. The van der Waals surface area contributed by atoms with Gasteiger partial charge >= 0.3 is 5.69 Å². The van der Waals surface area contributed by atoms with Crippen molar-refractivity contribution in [1.29, 1.82) is 0 Å². The second kappa shape index (κ2) is 8.13. The van der Waals surface area contributed by atoms with Crippen LogP contribution in [0, 0.1) is 19.7 Å². The van der Waals surface area contributed by atoms with Gasteiger partial charge in [-0.2, -0.15) is 0 Å². The van der Waals surface area contributed by atoms with Crippen LogP contribution in [0.5, 0.6) is 0 Å². The van der Waals surface area contributed by atoms with Gasteiger partial charge < -0.3 is 5.32 Å². The lowest BCUT2D eigenvalue weighted by atomic mass is 10.1. The molecule has 4 rings (SSSR count). The van der Waals surface area contributed by atoms with Crippen LogP contribution < -0.4 is 16.6 Å². The zero-order chi connectivity index (χ0) is 22.3. The molecule has 4 aromatic rings. The van der Waals surface area contributed by atoms with Crippen LogP contribution in [0.4, 0.5) is 10.1 Å². The fourth-order valence-corrected chi connectivity index (χ4v) is 4.26. The summed E-state index contributed by atoms with van der Waals surface area (Å²) in [5.41, 5.74) is 2.04. The number of nitrogens with zero attached hydrogens (tertiary/aromatic N) is 2. The zero-order valence-corrected chi connectivity index (χ0v) is 18.2. The van der Waals surface area contributed by atoms with Gasteiger partial charge in [-0.15, -0.1) is 11.3 Å². The highest BCUT2D eigenvalue weighted by atomic mass is 35.5. The average Bonchev–Trinajstić information content (AvgIpc) is 3.21. The minimum absolute atomic E-state index is 0.126. The van der Waals surface area contributed by atoms with Crippen molar-refractivity contribution in [1.82, 2.24) is 9.13 Å². The lowest BCUT2D eigenvalue weighted by Crippen LogP contribution is -2.40. The normalized spacial score (nSPS) is 11.1. The molecule has 0 aliphatic carbocycles. The maximum atomic E-state index is 13.4. The van der Waals surface area contributed by atoms with E-state index in [1.165, 1.54) is 28.0 Å². The van der Waals surface area contributed by atoms with Gasteiger partial charge in [-0.05, 0) is 66.8 Å². The Hall–Kier alpha value is -3.23. The van der Waals surface area contributed by atoms with E-state index >= 15 is 0 Å². The van der Waals surface area contributed by atoms with Crippen LogP contribution in [0.1, 0.15) is 11.1 Å². The van der Waals surface area contributed by atoms with Crippen LogP contribution in [0.3, 0.4) is 0 Å². The van der Waals surface area contributed by atoms with E-state index in [2.05, 4.69) is 5.32 Å². The van der Waals surface area contributed by atoms with Crippen LogP contribution in [-0.4, -0.2) is 15.0 Å². The maximum absolute atomic E-state index is 13.4. The van der Waals surface area contributed by atoms with E-state index in [1.807, 2.05) is 19.9 Å². The van der Waals surface area contributed by atoms with E-state index in [4.69, 9.17) is 11.6 Å². The predicted molar refractivity (Wildman–Crippen MR) is 121 cm³/mol. The molecule has 2 heterocycles. The maximum Gasteiger partial charge on any atom is 0.336 e. The van der Waals surface area contributed by atoms with E-state index in [-0.39, 0.29) is 11.6 Å². The first-order valence-electron chi connectivity index (χ1n) is 9.32. The molecule has 0 aliphatic rings. The molecule has 9 heteroatoms. The quantitative estimate of drug-likeness (QED) is 0.497. The molecule has 158 valence electrons. The number of hydrogen-bond acceptors (Lipinski definition) is 4. The SMILES string of the molecule is Cc1ccc(-n2c(=O)c3sccc3n(CC(=O)Nc3ccc(F)c(Cl)c3)c2=O)cc1C. The molecule has 0 unspecified atom stereocenters. The van der Waals surface area contributed by atoms with Gasteiger partial charge in [0.25, 0.3) is 5.56 Å². The highest BCUT2D eigenvalue weighted by Crippen LogP contribution is 2.20. The molecule has 6 nitrogen and oxygen atoms in total. The molecule has 0 atom stereocenters. The standard InChI is InChI=1S/C22H17ClFN3O3S/c1-12-3-5-15(9-13(12)2)27-21(29)20-18(7-8-31-20)26(22(27)30)11-19(28)25-14-4-6-17(24)16(23)10-14/h3-10H,11H2,1-2H3,(H,25,28). The van der Waals surface area contributed by atoms with E-state index in [0.717, 1.165) is 21.8 Å². The van der Waals surface area contributed by atoms with Crippen molar-refractivity contribution >= 4 is 44.7 Å². The van der Waals surface area contributed by atoms with Gasteiger partial charge in [0.1, 0.15) is 17.1 Å². The number of amides is 1. The minimum atomic E-state index is -0.619. The number of aromatic nitrogens is 2. The Bertz CT molecular complexity index is 1450. The number of halogens is 2. The number of rotatable bonds is 4. The van der Waals surface area contributed by atoms with Crippen molar-refractivity contribution in [2.24, 2.45) is 0 Å². The molecular weight excluding hydrogens is 441 g/mol. The highest BCUT2D eigenvalue weighted by Gasteiger charge is 2.18. The van der Waals surface area contributed by atoms with Crippen LogP contribution in [0.15, 0.2) is 57.4 Å². The molecule has 0 radical (unpaired) electrons. The molecular formula is C22H17ClFN3O3S. The molecule has 0 saturated carbocycles. The number of aryl methyl sites for hydroxylation is 2. The van der Waals surface area contributed by atoms with Crippen molar-refractivity contribution < 1.29 is 9.18 Å². The number of carbonyl (C=O) groups excluding carboxylic acids is 1. The smallest absolute Gasteiger partial charge is 0.324 e. The van der Waals surface area contributed by atoms with Gasteiger partial charge in [-0.25, -0.2) is 13.8 Å². The number of carbonyl (C=O) groups is 1. The summed E-state index contributed by atoms with van der Waals surface area (Å²) >= 11 is 6.96. The number of nitrogens with one attached hydrogen (secondary N) is 1. The predicted octanol–water partition coefficient (Wildman–Crippen LogP) is 4.26. The summed E-state index contributed by atoms with van der Waals surface area (Å²) in [6.45, 7) is 3.51. The van der Waals surface area contributed by atoms with Crippen molar-refractivity contribution in [2.75, 3.05) is 5.32 Å².